The van der Waals surface area contributed by atoms with Crippen molar-refractivity contribution < 1.29 is 14.3 Å². The van der Waals surface area contributed by atoms with Crippen LogP contribution in [-0.2, 0) is 9.53 Å². The molecule has 5 heteroatoms. The molecule has 1 rings (SSSR count). The maximum absolute atomic E-state index is 11.9. The van der Waals surface area contributed by atoms with Gasteiger partial charge in [-0.25, -0.2) is 4.79 Å². The summed E-state index contributed by atoms with van der Waals surface area (Å²) in [6.07, 6.45) is 4.89. The first-order valence-electron chi connectivity index (χ1n) is 5.89. The summed E-state index contributed by atoms with van der Waals surface area (Å²) in [7, 11) is 0. The van der Waals surface area contributed by atoms with Gasteiger partial charge in [-0.2, -0.15) is 0 Å². The molecule has 1 aliphatic heterocycles. The quantitative estimate of drug-likeness (QED) is 0.719. The Hall–Kier alpha value is -1.15. The van der Waals surface area contributed by atoms with Crippen LogP contribution in [0.3, 0.4) is 0 Å². The first-order valence-corrected chi connectivity index (χ1v) is 6.94. The highest BCUT2D eigenvalue weighted by atomic mass is 32.2. The van der Waals surface area contributed by atoms with E-state index in [-0.39, 0.29) is 23.5 Å². The lowest BCUT2D eigenvalue weighted by atomic mass is 10.2. The number of hydrogen-bond donors (Lipinski definition) is 0. The summed E-state index contributed by atoms with van der Waals surface area (Å²) in [4.78, 5) is 25.2. The summed E-state index contributed by atoms with van der Waals surface area (Å²) in [6.45, 7) is 6.47. The molecule has 0 aromatic heterocycles. The van der Waals surface area contributed by atoms with Crippen LogP contribution in [-0.4, -0.2) is 46.5 Å². The lowest BCUT2D eigenvalue weighted by Crippen LogP contribution is -2.46. The summed E-state index contributed by atoms with van der Waals surface area (Å²) in [6, 6.07) is 0. The van der Waals surface area contributed by atoms with E-state index in [2.05, 4.69) is 5.92 Å². The van der Waals surface area contributed by atoms with E-state index in [0.717, 1.165) is 5.75 Å². The zero-order valence-electron chi connectivity index (χ0n) is 11.1. The molecule has 1 fully saturated rings. The molecule has 0 bridgehead atoms. The third kappa shape index (κ3) is 4.61. The number of amides is 1. The molecule has 0 aromatic rings. The van der Waals surface area contributed by atoms with Gasteiger partial charge in [-0.15, -0.1) is 18.2 Å². The van der Waals surface area contributed by atoms with Crippen molar-refractivity contribution in [1.82, 2.24) is 4.90 Å². The van der Waals surface area contributed by atoms with E-state index in [1.54, 1.807) is 16.7 Å². The topological polar surface area (TPSA) is 46.6 Å². The molecule has 0 saturated carbocycles. The molecule has 0 aromatic carbocycles. The SMILES string of the molecule is C#CCC(=O)C1CN(C(=O)OC(C)(C)C)CCS1. The molecule has 1 amide bonds. The average Bonchev–Trinajstić information content (AvgIpc) is 2.27. The second-order valence-corrected chi connectivity index (χ2v) is 6.44. The number of Topliss-reactive ketones (excluding diaryl/α,β-unsaturated/α-hetero) is 1. The van der Waals surface area contributed by atoms with Crippen molar-refractivity contribution >= 4 is 23.6 Å². The molecule has 0 spiro atoms. The standard InChI is InChI=1S/C13H19NO3S/c1-5-6-10(15)11-9-14(7-8-18-11)12(16)17-13(2,3)4/h1,11H,6-9H2,2-4H3. The highest BCUT2D eigenvalue weighted by Gasteiger charge is 2.30. The highest BCUT2D eigenvalue weighted by Crippen LogP contribution is 2.22. The monoisotopic (exact) mass is 269 g/mol. The second kappa shape index (κ2) is 6.14. The molecule has 4 nitrogen and oxygen atoms in total. The molecule has 1 aliphatic rings. The Morgan fingerprint density at radius 2 is 2.17 bits per heavy atom. The van der Waals surface area contributed by atoms with Crippen LogP contribution >= 0.6 is 11.8 Å². The number of carbonyl (C=O) groups is 2. The Morgan fingerprint density at radius 3 is 2.72 bits per heavy atom. The lowest BCUT2D eigenvalue weighted by Gasteiger charge is -2.33. The van der Waals surface area contributed by atoms with Crippen molar-refractivity contribution in [2.24, 2.45) is 0 Å². The molecule has 1 unspecified atom stereocenters. The molecule has 1 heterocycles. The fraction of sp³-hybridized carbons (Fsp3) is 0.692. The number of ether oxygens (including phenoxy) is 1. The van der Waals surface area contributed by atoms with E-state index >= 15 is 0 Å². The van der Waals surface area contributed by atoms with Crippen LogP contribution in [0.4, 0.5) is 4.79 Å². The fourth-order valence-corrected chi connectivity index (χ4v) is 2.72. The number of rotatable bonds is 2. The molecular formula is C13H19NO3S. The minimum Gasteiger partial charge on any atom is -0.444 e. The maximum Gasteiger partial charge on any atom is 0.410 e. The van der Waals surface area contributed by atoms with Crippen molar-refractivity contribution in [1.29, 1.82) is 0 Å². The Kier molecular flexibility index (Phi) is 5.09. The predicted octanol–water partition coefficient (Wildman–Crippen LogP) is 1.93. The number of thioether (sulfide) groups is 1. The van der Waals surface area contributed by atoms with Crippen LogP contribution < -0.4 is 0 Å². The number of hydrogen-bond acceptors (Lipinski definition) is 4. The summed E-state index contributed by atoms with van der Waals surface area (Å²) in [5.41, 5.74) is -0.514. The molecule has 0 aliphatic carbocycles. The van der Waals surface area contributed by atoms with Crippen LogP contribution in [0.1, 0.15) is 27.2 Å². The van der Waals surface area contributed by atoms with Crippen LogP contribution in [0, 0.1) is 12.3 Å². The number of nitrogens with zero attached hydrogens (tertiary/aromatic N) is 1. The summed E-state index contributed by atoms with van der Waals surface area (Å²) in [5, 5.41) is -0.220. The molecule has 18 heavy (non-hydrogen) atoms. The molecule has 1 atom stereocenters. The van der Waals surface area contributed by atoms with Gasteiger partial charge < -0.3 is 9.64 Å². The van der Waals surface area contributed by atoms with Crippen molar-refractivity contribution in [2.75, 3.05) is 18.8 Å². The van der Waals surface area contributed by atoms with Crippen molar-refractivity contribution in [3.8, 4) is 12.3 Å². The fourth-order valence-electron chi connectivity index (χ4n) is 1.55. The molecule has 100 valence electrons. The molecular weight excluding hydrogens is 250 g/mol. The number of carbonyl (C=O) groups excluding carboxylic acids is 2. The van der Waals surface area contributed by atoms with Crippen LogP contribution in [0.15, 0.2) is 0 Å². The van der Waals surface area contributed by atoms with Gasteiger partial charge in [0.15, 0.2) is 5.78 Å². The summed E-state index contributed by atoms with van der Waals surface area (Å²) >= 11 is 1.56. The maximum atomic E-state index is 11.9. The average molecular weight is 269 g/mol. The van der Waals surface area contributed by atoms with E-state index in [0.29, 0.717) is 13.1 Å². The first kappa shape index (κ1) is 14.9. The van der Waals surface area contributed by atoms with Gasteiger partial charge in [0.05, 0.1) is 11.7 Å². The van der Waals surface area contributed by atoms with Gasteiger partial charge in [0.25, 0.3) is 0 Å². The van der Waals surface area contributed by atoms with E-state index in [9.17, 15) is 9.59 Å². The van der Waals surface area contributed by atoms with E-state index < -0.39 is 5.60 Å². The lowest BCUT2D eigenvalue weighted by molar-refractivity contribution is -0.117. The van der Waals surface area contributed by atoms with Crippen LogP contribution in [0.5, 0.6) is 0 Å². The van der Waals surface area contributed by atoms with Crippen molar-refractivity contribution in [3.05, 3.63) is 0 Å². The van der Waals surface area contributed by atoms with Gasteiger partial charge in [-0.1, -0.05) is 5.92 Å². The Labute approximate surface area is 112 Å². The second-order valence-electron chi connectivity index (χ2n) is 5.13. The molecule has 1 saturated heterocycles. The van der Waals surface area contributed by atoms with E-state index in [4.69, 9.17) is 11.2 Å². The first-order chi connectivity index (χ1) is 8.33. The Balaban J connectivity index is 2.56. The van der Waals surface area contributed by atoms with Gasteiger partial charge in [-0.05, 0) is 20.8 Å². The van der Waals surface area contributed by atoms with Crippen molar-refractivity contribution in [3.63, 3.8) is 0 Å². The zero-order valence-corrected chi connectivity index (χ0v) is 11.9. The summed E-state index contributed by atoms with van der Waals surface area (Å²) in [5.74, 6) is 3.10. The zero-order chi connectivity index (χ0) is 13.8. The third-order valence-corrected chi connectivity index (χ3v) is 3.59. The highest BCUT2D eigenvalue weighted by molar-refractivity contribution is 8.00. The van der Waals surface area contributed by atoms with Crippen molar-refractivity contribution in [2.45, 2.75) is 38.0 Å². The third-order valence-electron chi connectivity index (χ3n) is 2.35. The Morgan fingerprint density at radius 1 is 1.50 bits per heavy atom. The van der Waals surface area contributed by atoms with Gasteiger partial charge in [0.1, 0.15) is 5.60 Å². The predicted molar refractivity (Wildman–Crippen MR) is 72.5 cm³/mol. The minimum absolute atomic E-state index is 0.00996. The normalized spacial score (nSPS) is 20.1. The van der Waals surface area contributed by atoms with Gasteiger partial charge in [0, 0.05) is 18.8 Å². The van der Waals surface area contributed by atoms with E-state index in [1.807, 2.05) is 20.8 Å². The largest absolute Gasteiger partial charge is 0.444 e. The minimum atomic E-state index is -0.514. The number of terminal acetylenes is 1. The Bertz CT molecular complexity index is 367. The molecule has 0 N–H and O–H groups in total. The number of ketones is 1. The van der Waals surface area contributed by atoms with Gasteiger partial charge in [-0.3, -0.25) is 4.79 Å². The smallest absolute Gasteiger partial charge is 0.410 e. The van der Waals surface area contributed by atoms with Crippen LogP contribution in [0.25, 0.3) is 0 Å². The van der Waals surface area contributed by atoms with E-state index in [1.165, 1.54) is 0 Å². The van der Waals surface area contributed by atoms with Crippen LogP contribution in [0.2, 0.25) is 0 Å². The van der Waals surface area contributed by atoms with Gasteiger partial charge >= 0.3 is 6.09 Å². The molecule has 0 radical (unpaired) electrons. The summed E-state index contributed by atoms with van der Waals surface area (Å²) < 4.78 is 5.29. The van der Waals surface area contributed by atoms with Gasteiger partial charge in [0.2, 0.25) is 0 Å².